The molecule has 1 atom stereocenters. The maximum atomic E-state index is 6.51. The third-order valence-electron chi connectivity index (χ3n) is 2.47. The fourth-order valence-corrected chi connectivity index (χ4v) is 6.89. The second-order valence-electron chi connectivity index (χ2n) is 3.98. The number of halogens is 1. The van der Waals surface area contributed by atoms with Crippen LogP contribution in [0.2, 0.25) is 13.1 Å². The molecule has 1 heterocycles. The van der Waals surface area contributed by atoms with Crippen molar-refractivity contribution in [2.24, 2.45) is 5.92 Å². The fraction of sp³-hybridized carbons (Fsp3) is 0.400. The summed E-state index contributed by atoms with van der Waals surface area (Å²) in [5.74, 6) is 0.532. The zero-order chi connectivity index (χ0) is 9.64. The first-order valence-electron chi connectivity index (χ1n) is 4.46. The minimum absolute atomic E-state index is 0.532. The lowest BCUT2D eigenvalue weighted by Gasteiger charge is -2.20. The molecule has 0 aromatic rings. The van der Waals surface area contributed by atoms with Gasteiger partial charge in [-0.05, 0) is 17.0 Å². The van der Waals surface area contributed by atoms with Gasteiger partial charge in [-0.2, -0.15) is 11.1 Å². The standard InChI is InChI=1S/C10H13ClSSi/c1-7-10(13(2,3)11)8-5-4-6-9(8)12-7/h4-6,8H,1-3H3. The van der Waals surface area contributed by atoms with Crippen LogP contribution in [0.25, 0.3) is 0 Å². The Hall–Kier alpha value is 0.0769. The van der Waals surface area contributed by atoms with E-state index in [1.165, 1.54) is 15.0 Å². The smallest absolute Gasteiger partial charge is 0.162 e. The third-order valence-corrected chi connectivity index (χ3v) is 6.38. The lowest BCUT2D eigenvalue weighted by Crippen LogP contribution is -2.24. The van der Waals surface area contributed by atoms with Crippen molar-refractivity contribution in [3.8, 4) is 0 Å². The molecule has 13 heavy (non-hydrogen) atoms. The summed E-state index contributed by atoms with van der Waals surface area (Å²) in [5, 5.41) is 1.51. The largest absolute Gasteiger partial charge is 0.178 e. The van der Waals surface area contributed by atoms with Crippen LogP contribution in [0.4, 0.5) is 0 Å². The number of rotatable bonds is 1. The van der Waals surface area contributed by atoms with Crippen molar-refractivity contribution < 1.29 is 0 Å². The molecule has 0 aromatic heterocycles. The molecule has 3 heteroatoms. The molecule has 0 saturated heterocycles. The molecule has 0 nitrogen and oxygen atoms in total. The van der Waals surface area contributed by atoms with Gasteiger partial charge in [-0.15, -0.1) is 0 Å². The molecule has 1 aliphatic carbocycles. The molecular weight excluding hydrogens is 216 g/mol. The molecule has 0 saturated carbocycles. The number of fused-ring (bicyclic) bond motifs is 1. The summed E-state index contributed by atoms with van der Waals surface area (Å²) < 4.78 is 0. The van der Waals surface area contributed by atoms with E-state index >= 15 is 0 Å². The van der Waals surface area contributed by atoms with E-state index in [0.717, 1.165) is 0 Å². The van der Waals surface area contributed by atoms with Crippen LogP contribution in [0.15, 0.2) is 33.2 Å². The molecule has 2 aliphatic rings. The summed E-state index contributed by atoms with van der Waals surface area (Å²) in [7, 11) is -1.63. The van der Waals surface area contributed by atoms with Gasteiger partial charge in [0.15, 0.2) is 7.38 Å². The molecular formula is C10H13ClSSi. The Morgan fingerprint density at radius 1 is 1.46 bits per heavy atom. The third kappa shape index (κ3) is 1.56. The van der Waals surface area contributed by atoms with E-state index in [1.807, 2.05) is 11.8 Å². The second kappa shape index (κ2) is 3.04. The Bertz CT molecular complexity index is 333. The van der Waals surface area contributed by atoms with Crippen molar-refractivity contribution in [2.45, 2.75) is 20.0 Å². The number of hydrogen-bond donors (Lipinski definition) is 0. The molecule has 70 valence electrons. The van der Waals surface area contributed by atoms with E-state index < -0.39 is 7.38 Å². The molecule has 1 aliphatic heterocycles. The van der Waals surface area contributed by atoms with Crippen molar-refractivity contribution in [1.29, 1.82) is 0 Å². The van der Waals surface area contributed by atoms with E-state index in [9.17, 15) is 0 Å². The van der Waals surface area contributed by atoms with Crippen LogP contribution in [0.1, 0.15) is 6.92 Å². The highest BCUT2D eigenvalue weighted by Crippen LogP contribution is 2.51. The molecule has 0 N–H and O–H groups in total. The first-order chi connectivity index (χ1) is 6.00. The predicted molar refractivity (Wildman–Crippen MR) is 64.3 cm³/mol. The van der Waals surface area contributed by atoms with Crippen LogP contribution in [-0.2, 0) is 0 Å². The minimum atomic E-state index is -1.63. The van der Waals surface area contributed by atoms with Gasteiger partial charge in [-0.25, -0.2) is 0 Å². The summed E-state index contributed by atoms with van der Waals surface area (Å²) >= 11 is 8.41. The van der Waals surface area contributed by atoms with Gasteiger partial charge in [0.2, 0.25) is 0 Å². The normalized spacial score (nSPS) is 26.8. The zero-order valence-corrected chi connectivity index (χ0v) is 10.7. The highest BCUT2D eigenvalue weighted by molar-refractivity contribution is 8.07. The van der Waals surface area contributed by atoms with Crippen molar-refractivity contribution in [1.82, 2.24) is 0 Å². The Balaban J connectivity index is 2.42. The summed E-state index contributed by atoms with van der Waals surface area (Å²) in [6, 6.07) is 0. The van der Waals surface area contributed by atoms with Crippen LogP contribution in [0, 0.1) is 5.92 Å². The van der Waals surface area contributed by atoms with E-state index in [0.29, 0.717) is 5.92 Å². The maximum absolute atomic E-state index is 6.51. The number of allylic oxidation sites excluding steroid dienone is 6. The van der Waals surface area contributed by atoms with Crippen LogP contribution in [0.5, 0.6) is 0 Å². The Labute approximate surface area is 89.5 Å². The molecule has 0 radical (unpaired) electrons. The summed E-state index contributed by atoms with van der Waals surface area (Å²) in [5.41, 5.74) is 0. The Morgan fingerprint density at radius 2 is 2.15 bits per heavy atom. The van der Waals surface area contributed by atoms with Gasteiger partial charge in [0, 0.05) is 10.8 Å². The van der Waals surface area contributed by atoms with Gasteiger partial charge in [0.05, 0.1) is 0 Å². The molecule has 0 spiro atoms. The van der Waals surface area contributed by atoms with Crippen molar-refractivity contribution in [2.75, 3.05) is 0 Å². The van der Waals surface area contributed by atoms with Crippen LogP contribution >= 0.6 is 22.8 Å². The van der Waals surface area contributed by atoms with Gasteiger partial charge in [-0.1, -0.05) is 43.1 Å². The highest BCUT2D eigenvalue weighted by Gasteiger charge is 2.38. The van der Waals surface area contributed by atoms with E-state index in [2.05, 4.69) is 38.2 Å². The van der Waals surface area contributed by atoms with Crippen molar-refractivity contribution in [3.05, 3.63) is 33.2 Å². The molecule has 0 amide bonds. The topological polar surface area (TPSA) is 0 Å². The lowest BCUT2D eigenvalue weighted by molar-refractivity contribution is 1.04. The first-order valence-corrected chi connectivity index (χ1v) is 9.29. The summed E-state index contributed by atoms with van der Waals surface area (Å²) in [6.07, 6.45) is 6.63. The van der Waals surface area contributed by atoms with Crippen LogP contribution < -0.4 is 0 Å². The number of thioether (sulfide) groups is 1. The van der Waals surface area contributed by atoms with Gasteiger partial charge >= 0.3 is 0 Å². The molecule has 2 rings (SSSR count). The predicted octanol–water partition coefficient (Wildman–Crippen LogP) is 4.06. The van der Waals surface area contributed by atoms with Crippen molar-refractivity contribution in [3.63, 3.8) is 0 Å². The van der Waals surface area contributed by atoms with E-state index in [4.69, 9.17) is 11.1 Å². The first kappa shape index (κ1) is 9.63. The van der Waals surface area contributed by atoms with Gasteiger partial charge in [0.25, 0.3) is 0 Å². The van der Waals surface area contributed by atoms with E-state index in [1.54, 1.807) is 0 Å². The van der Waals surface area contributed by atoms with Gasteiger partial charge < -0.3 is 0 Å². The Kier molecular flexibility index (Phi) is 2.25. The quantitative estimate of drug-likeness (QED) is 0.482. The summed E-state index contributed by atoms with van der Waals surface area (Å²) in [6.45, 7) is 6.62. The maximum Gasteiger partial charge on any atom is 0.178 e. The SMILES string of the molecule is CC1=C([Si](C)(C)Cl)C2C=CC=C2S1. The van der Waals surface area contributed by atoms with Crippen LogP contribution in [0.3, 0.4) is 0 Å². The average molecular weight is 229 g/mol. The molecule has 1 unspecified atom stereocenters. The van der Waals surface area contributed by atoms with Crippen molar-refractivity contribution >= 4 is 30.2 Å². The second-order valence-corrected chi connectivity index (χ2v) is 11.6. The average Bonchev–Trinajstić information content (AvgIpc) is 2.41. The zero-order valence-electron chi connectivity index (χ0n) is 8.10. The lowest BCUT2D eigenvalue weighted by atomic mass is 10.1. The van der Waals surface area contributed by atoms with Gasteiger partial charge in [-0.3, -0.25) is 0 Å². The summed E-state index contributed by atoms with van der Waals surface area (Å²) in [4.78, 5) is 2.90. The van der Waals surface area contributed by atoms with Crippen LogP contribution in [-0.4, -0.2) is 7.38 Å². The minimum Gasteiger partial charge on any atom is -0.162 e. The monoisotopic (exact) mass is 228 g/mol. The Morgan fingerprint density at radius 3 is 2.77 bits per heavy atom. The van der Waals surface area contributed by atoms with Gasteiger partial charge in [0.1, 0.15) is 0 Å². The fourth-order valence-electron chi connectivity index (χ4n) is 2.04. The number of hydrogen-bond acceptors (Lipinski definition) is 1. The highest BCUT2D eigenvalue weighted by atomic mass is 35.6. The molecule has 0 fully saturated rings. The van der Waals surface area contributed by atoms with E-state index in [-0.39, 0.29) is 0 Å². The molecule has 0 bridgehead atoms. The molecule has 0 aromatic carbocycles.